The lowest BCUT2D eigenvalue weighted by Crippen LogP contribution is -2.39. The van der Waals surface area contributed by atoms with Gasteiger partial charge < -0.3 is 5.32 Å². The van der Waals surface area contributed by atoms with Crippen LogP contribution < -0.4 is 5.32 Å². The summed E-state index contributed by atoms with van der Waals surface area (Å²) in [5.41, 5.74) is 10.3. The van der Waals surface area contributed by atoms with Crippen LogP contribution >= 0.6 is 0 Å². The van der Waals surface area contributed by atoms with Crippen molar-refractivity contribution in [3.05, 3.63) is 112 Å². The van der Waals surface area contributed by atoms with Gasteiger partial charge >= 0.3 is 0 Å². The second kappa shape index (κ2) is 12.1. The summed E-state index contributed by atoms with van der Waals surface area (Å²) in [6, 6.07) is 23.7. The van der Waals surface area contributed by atoms with Crippen molar-refractivity contribution in [1.82, 2.24) is 4.90 Å². The molecule has 1 atom stereocenters. The number of piperidine rings is 1. The Morgan fingerprint density at radius 3 is 2.24 bits per heavy atom. The number of benzene rings is 3. The van der Waals surface area contributed by atoms with Gasteiger partial charge in [-0.3, -0.25) is 9.89 Å². The number of aryl methyl sites for hydroxylation is 3. The van der Waals surface area contributed by atoms with Gasteiger partial charge in [0.25, 0.3) is 0 Å². The fraction of sp³-hybridized carbons (Fsp3) is 0.324. The Kier molecular flexibility index (Phi) is 8.64. The Balaban J connectivity index is 1.42. The van der Waals surface area contributed by atoms with Crippen LogP contribution in [0.4, 0.5) is 5.69 Å². The van der Waals surface area contributed by atoms with Crippen LogP contribution in [0.2, 0.25) is 0 Å². The highest BCUT2D eigenvalue weighted by atomic mass is 15.1. The van der Waals surface area contributed by atoms with Gasteiger partial charge in [0.15, 0.2) is 0 Å². The third kappa shape index (κ3) is 6.59. The summed E-state index contributed by atoms with van der Waals surface area (Å²) in [7, 11) is 0. The lowest BCUT2D eigenvalue weighted by molar-refractivity contribution is 0.174. The van der Waals surface area contributed by atoms with Crippen molar-refractivity contribution in [1.29, 1.82) is 0 Å². The van der Waals surface area contributed by atoms with E-state index in [0.717, 1.165) is 55.1 Å². The summed E-state index contributed by atoms with van der Waals surface area (Å²) in [5, 5.41) is 3.61. The summed E-state index contributed by atoms with van der Waals surface area (Å²) in [5.74, 6) is 3.51. The summed E-state index contributed by atoms with van der Waals surface area (Å²) in [4.78, 5) is 7.39. The van der Waals surface area contributed by atoms with Crippen molar-refractivity contribution in [2.24, 2.45) is 10.9 Å². The van der Waals surface area contributed by atoms with E-state index in [9.17, 15) is 0 Å². The van der Waals surface area contributed by atoms with E-state index >= 15 is 0 Å². The lowest BCUT2D eigenvalue weighted by Gasteiger charge is -2.35. The molecule has 1 unspecified atom stereocenters. The zero-order valence-corrected chi connectivity index (χ0v) is 22.7. The van der Waals surface area contributed by atoms with Crippen LogP contribution in [0.15, 0.2) is 84.0 Å². The third-order valence-electron chi connectivity index (χ3n) is 7.39. The largest absolute Gasteiger partial charge is 0.371 e. The van der Waals surface area contributed by atoms with E-state index in [1.54, 1.807) is 0 Å². The number of aliphatic imine (C=N–C) groups is 1. The first kappa shape index (κ1) is 26.5. The molecule has 0 radical (unpaired) electrons. The van der Waals surface area contributed by atoms with Gasteiger partial charge in [0.05, 0.1) is 11.8 Å². The Morgan fingerprint density at radius 1 is 0.973 bits per heavy atom. The number of allylic oxidation sites excluding steroid dienone is 1. The number of likely N-dealkylation sites (tertiary alicyclic amines) is 1. The van der Waals surface area contributed by atoms with E-state index in [2.05, 4.69) is 110 Å². The number of hydrogen-bond acceptors (Lipinski definition) is 3. The Bertz CT molecular complexity index is 1320. The average molecular weight is 490 g/mol. The fourth-order valence-corrected chi connectivity index (χ4v) is 5.29. The van der Waals surface area contributed by atoms with Crippen molar-refractivity contribution < 1.29 is 0 Å². The molecule has 3 aromatic rings. The summed E-state index contributed by atoms with van der Waals surface area (Å²) < 4.78 is 0. The second-order valence-corrected chi connectivity index (χ2v) is 10.4. The monoisotopic (exact) mass is 489 g/mol. The maximum atomic E-state index is 5.96. The van der Waals surface area contributed by atoms with Crippen LogP contribution in [0.1, 0.15) is 53.1 Å². The SMILES string of the molecule is C#CC(Nc1ccccc1C)C1CCN(Cc2ccc(C(=NC(=C)C)c3ccccc3C)c(C)c2)CC1. The topological polar surface area (TPSA) is 27.6 Å². The molecule has 3 heteroatoms. The molecule has 1 fully saturated rings. The molecule has 0 aromatic heterocycles. The molecule has 3 aromatic carbocycles. The number of rotatable bonds is 8. The number of terminal acetylenes is 1. The van der Waals surface area contributed by atoms with Crippen molar-refractivity contribution in [2.45, 2.75) is 53.1 Å². The van der Waals surface area contributed by atoms with Gasteiger partial charge in [-0.2, -0.15) is 0 Å². The number of anilines is 1. The minimum atomic E-state index is 0.0669. The van der Waals surface area contributed by atoms with E-state index in [4.69, 9.17) is 11.4 Å². The van der Waals surface area contributed by atoms with Gasteiger partial charge in [-0.05, 0) is 87.9 Å². The average Bonchev–Trinajstić information content (AvgIpc) is 2.88. The van der Waals surface area contributed by atoms with Gasteiger partial charge in [0, 0.05) is 29.1 Å². The Labute approximate surface area is 223 Å². The zero-order valence-electron chi connectivity index (χ0n) is 22.7. The molecule has 3 nitrogen and oxygen atoms in total. The highest BCUT2D eigenvalue weighted by Crippen LogP contribution is 2.26. The number of para-hydroxylation sites is 1. The molecule has 1 aliphatic rings. The number of nitrogens with one attached hydrogen (secondary N) is 1. The lowest BCUT2D eigenvalue weighted by atomic mass is 9.89. The van der Waals surface area contributed by atoms with Gasteiger partial charge in [-0.25, -0.2) is 0 Å². The van der Waals surface area contributed by atoms with Gasteiger partial charge in [-0.1, -0.05) is 73.2 Å². The molecule has 4 rings (SSSR count). The quantitative estimate of drug-likeness (QED) is 0.265. The first-order valence-electron chi connectivity index (χ1n) is 13.3. The fourth-order valence-electron chi connectivity index (χ4n) is 5.29. The van der Waals surface area contributed by atoms with Gasteiger partial charge in [0.2, 0.25) is 0 Å². The molecular formula is C34H39N3. The predicted molar refractivity (Wildman–Crippen MR) is 158 cm³/mol. The van der Waals surface area contributed by atoms with Gasteiger partial charge in [-0.15, -0.1) is 6.42 Å². The standard InChI is InChI=1S/C34H39N3/c1-7-32(36-33-15-11-9-13-26(33)5)29-18-20-37(21-19-29)23-28-16-17-31(27(6)22-28)34(35-24(2)3)30-14-10-8-12-25(30)4/h1,8-17,22,29,32,36H,2,18-21,23H2,3-6H3. The van der Waals surface area contributed by atoms with E-state index in [1.807, 2.05) is 6.92 Å². The molecule has 1 saturated heterocycles. The van der Waals surface area contributed by atoms with E-state index in [0.29, 0.717) is 5.92 Å². The van der Waals surface area contributed by atoms with Crippen LogP contribution in [-0.2, 0) is 6.54 Å². The summed E-state index contributed by atoms with van der Waals surface area (Å²) >= 11 is 0. The second-order valence-electron chi connectivity index (χ2n) is 10.4. The van der Waals surface area contributed by atoms with Crippen LogP contribution in [0, 0.1) is 39.0 Å². The summed E-state index contributed by atoms with van der Waals surface area (Å²) in [6.45, 7) is 15.5. The predicted octanol–water partition coefficient (Wildman–Crippen LogP) is 7.31. The Morgan fingerprint density at radius 2 is 1.62 bits per heavy atom. The number of nitrogens with zero attached hydrogens (tertiary/aromatic N) is 2. The smallest absolute Gasteiger partial charge is 0.0903 e. The first-order valence-corrected chi connectivity index (χ1v) is 13.3. The normalized spacial score (nSPS) is 15.7. The van der Waals surface area contributed by atoms with Crippen LogP contribution in [-0.4, -0.2) is 29.7 Å². The Hall–Kier alpha value is -3.61. The first-order chi connectivity index (χ1) is 17.9. The zero-order chi connectivity index (χ0) is 26.4. The molecular weight excluding hydrogens is 450 g/mol. The molecule has 37 heavy (non-hydrogen) atoms. The molecule has 0 amide bonds. The van der Waals surface area contributed by atoms with E-state index in [1.165, 1.54) is 27.8 Å². The maximum absolute atomic E-state index is 5.96. The molecule has 0 aliphatic carbocycles. The van der Waals surface area contributed by atoms with Crippen molar-refractivity contribution in [3.8, 4) is 12.3 Å². The molecule has 0 saturated carbocycles. The minimum Gasteiger partial charge on any atom is -0.371 e. The molecule has 190 valence electrons. The van der Waals surface area contributed by atoms with Crippen LogP contribution in [0.5, 0.6) is 0 Å². The molecule has 1 aliphatic heterocycles. The van der Waals surface area contributed by atoms with Crippen LogP contribution in [0.25, 0.3) is 0 Å². The van der Waals surface area contributed by atoms with Crippen molar-refractivity contribution in [3.63, 3.8) is 0 Å². The molecule has 0 spiro atoms. The molecule has 1 N–H and O–H groups in total. The highest BCUT2D eigenvalue weighted by molar-refractivity contribution is 6.15. The van der Waals surface area contributed by atoms with E-state index in [-0.39, 0.29) is 6.04 Å². The van der Waals surface area contributed by atoms with Crippen LogP contribution in [0.3, 0.4) is 0 Å². The van der Waals surface area contributed by atoms with E-state index < -0.39 is 0 Å². The van der Waals surface area contributed by atoms with Crippen molar-refractivity contribution in [2.75, 3.05) is 18.4 Å². The minimum absolute atomic E-state index is 0.0669. The molecule has 0 bridgehead atoms. The maximum Gasteiger partial charge on any atom is 0.0903 e. The number of hydrogen-bond donors (Lipinski definition) is 1. The highest BCUT2D eigenvalue weighted by Gasteiger charge is 2.26. The van der Waals surface area contributed by atoms with Crippen molar-refractivity contribution >= 4 is 11.4 Å². The molecule has 1 heterocycles. The van der Waals surface area contributed by atoms with Gasteiger partial charge in [0.1, 0.15) is 0 Å². The third-order valence-corrected chi connectivity index (χ3v) is 7.39. The summed E-state index contributed by atoms with van der Waals surface area (Å²) in [6.07, 6.45) is 8.16.